The highest BCUT2D eigenvalue weighted by Crippen LogP contribution is 2.32. The Morgan fingerprint density at radius 3 is 1.73 bits per heavy atom. The van der Waals surface area contributed by atoms with E-state index in [0.717, 1.165) is 54.2 Å². The largest absolute Gasteiger partial charge is 0.488 e. The molecule has 0 saturated carbocycles. The van der Waals surface area contributed by atoms with Crippen molar-refractivity contribution >= 4 is 83.3 Å². The molecule has 0 bridgehead atoms. The molecular formula is C34H26BBrN8O2S2. The first-order chi connectivity index (χ1) is 23.4. The van der Waals surface area contributed by atoms with Gasteiger partial charge in [-0.1, -0.05) is 72.8 Å². The van der Waals surface area contributed by atoms with Gasteiger partial charge in [-0.05, 0) is 45.7 Å². The summed E-state index contributed by atoms with van der Waals surface area (Å²) in [4.78, 5) is 25.7. The molecular weight excluding hydrogens is 707 g/mol. The lowest BCUT2D eigenvalue weighted by Gasteiger charge is -2.09. The quantitative estimate of drug-likeness (QED) is 0.147. The predicted octanol–water partition coefficient (Wildman–Crippen LogP) is 6.47. The first kappa shape index (κ1) is 32.8. The molecule has 8 aromatic rings. The highest BCUT2D eigenvalue weighted by molar-refractivity contribution is 9.10. The molecule has 0 spiro atoms. The second-order valence-electron chi connectivity index (χ2n) is 10.1. The molecule has 4 aromatic carbocycles. The third-order valence-electron chi connectivity index (χ3n) is 6.89. The number of nitrogens with zero attached hydrogens (tertiary/aromatic N) is 6. The van der Waals surface area contributed by atoms with Gasteiger partial charge in [-0.25, -0.2) is 24.9 Å². The Balaban J connectivity index is 0.000000134. The summed E-state index contributed by atoms with van der Waals surface area (Å²) in [6.07, 6.45) is 3.12. The van der Waals surface area contributed by atoms with Crippen molar-refractivity contribution in [2.45, 2.75) is 0 Å². The van der Waals surface area contributed by atoms with E-state index in [1.165, 1.54) is 17.5 Å². The highest BCUT2D eigenvalue weighted by atomic mass is 79.9. The number of benzene rings is 4. The van der Waals surface area contributed by atoms with Crippen molar-refractivity contribution in [1.82, 2.24) is 29.9 Å². The highest BCUT2D eigenvalue weighted by Gasteiger charge is 2.13. The molecule has 0 saturated heterocycles. The van der Waals surface area contributed by atoms with Gasteiger partial charge in [0.2, 0.25) is 0 Å². The molecule has 14 heteroatoms. The van der Waals surface area contributed by atoms with E-state index < -0.39 is 7.12 Å². The molecule has 0 atom stereocenters. The van der Waals surface area contributed by atoms with Gasteiger partial charge in [0.15, 0.2) is 0 Å². The number of anilines is 2. The minimum absolute atomic E-state index is 0.418. The lowest BCUT2D eigenvalue weighted by Crippen LogP contribution is -2.29. The second-order valence-corrected chi connectivity index (χ2v) is 12.7. The number of nitrogen functional groups attached to an aromatic ring is 2. The molecule has 10 nitrogen and oxygen atoms in total. The molecule has 4 aromatic heterocycles. The van der Waals surface area contributed by atoms with E-state index in [-0.39, 0.29) is 0 Å². The summed E-state index contributed by atoms with van der Waals surface area (Å²) in [7, 11) is -1.39. The number of thiazole rings is 2. The lowest BCUT2D eigenvalue weighted by atomic mass is 9.80. The van der Waals surface area contributed by atoms with E-state index in [1.807, 2.05) is 78.3 Å². The van der Waals surface area contributed by atoms with Crippen molar-refractivity contribution in [3.63, 3.8) is 0 Å². The number of nitrogens with two attached hydrogens (primary N) is 2. The van der Waals surface area contributed by atoms with Crippen LogP contribution < -0.4 is 16.9 Å². The summed E-state index contributed by atoms with van der Waals surface area (Å²) >= 11 is 6.44. The second kappa shape index (κ2) is 15.2. The van der Waals surface area contributed by atoms with Crippen LogP contribution in [0.1, 0.15) is 0 Å². The van der Waals surface area contributed by atoms with Gasteiger partial charge < -0.3 is 21.5 Å². The summed E-state index contributed by atoms with van der Waals surface area (Å²) in [6, 6.07) is 31.1. The van der Waals surface area contributed by atoms with Gasteiger partial charge in [0, 0.05) is 16.7 Å². The molecule has 4 heterocycles. The van der Waals surface area contributed by atoms with Gasteiger partial charge in [0.05, 0.1) is 55.2 Å². The molecule has 0 aliphatic rings. The molecule has 0 aliphatic heterocycles. The van der Waals surface area contributed by atoms with E-state index in [2.05, 4.69) is 51.9 Å². The zero-order valence-electron chi connectivity index (χ0n) is 25.1. The fourth-order valence-electron chi connectivity index (χ4n) is 4.61. The van der Waals surface area contributed by atoms with Crippen molar-refractivity contribution in [3.05, 3.63) is 125 Å². The lowest BCUT2D eigenvalue weighted by molar-refractivity contribution is 0.426. The van der Waals surface area contributed by atoms with Gasteiger partial charge in [-0.2, -0.15) is 0 Å². The van der Waals surface area contributed by atoms with Crippen LogP contribution in [0.3, 0.4) is 0 Å². The first-order valence-corrected chi connectivity index (χ1v) is 16.9. The monoisotopic (exact) mass is 732 g/mol. The fraction of sp³-hybridized carbons (Fsp3) is 0. The van der Waals surface area contributed by atoms with Crippen LogP contribution in [-0.4, -0.2) is 47.1 Å². The van der Waals surface area contributed by atoms with Gasteiger partial charge >= 0.3 is 7.12 Å². The van der Waals surface area contributed by atoms with Gasteiger partial charge in [0.25, 0.3) is 0 Å². The van der Waals surface area contributed by atoms with Crippen LogP contribution in [0.25, 0.3) is 54.2 Å². The number of fused-ring (bicyclic) bond motifs is 2. The SMILES string of the molecule is Nc1cnc(-c2ccc3ncsc3c2)c(-c2ccccc2)n1.Nc1cnc(Br)c(-c2ccccc2)n1.OB(O)c1ccc2ncsc2c1. The third-order valence-corrected chi connectivity index (χ3v) is 9.05. The van der Waals surface area contributed by atoms with Crippen LogP contribution in [0, 0.1) is 0 Å². The molecule has 0 unspecified atom stereocenters. The average molecular weight is 733 g/mol. The van der Waals surface area contributed by atoms with Crippen LogP contribution in [-0.2, 0) is 0 Å². The van der Waals surface area contributed by atoms with Crippen molar-refractivity contribution in [3.8, 4) is 33.8 Å². The van der Waals surface area contributed by atoms with Gasteiger partial charge in [-0.15, -0.1) is 22.7 Å². The summed E-state index contributed by atoms with van der Waals surface area (Å²) in [6.45, 7) is 0. The van der Waals surface area contributed by atoms with Crippen molar-refractivity contribution in [1.29, 1.82) is 0 Å². The summed E-state index contributed by atoms with van der Waals surface area (Å²) in [5, 5.41) is 17.7. The normalized spacial score (nSPS) is 10.6. The van der Waals surface area contributed by atoms with E-state index in [0.29, 0.717) is 21.7 Å². The smallest absolute Gasteiger partial charge is 0.423 e. The van der Waals surface area contributed by atoms with E-state index >= 15 is 0 Å². The van der Waals surface area contributed by atoms with Crippen molar-refractivity contribution < 1.29 is 10.0 Å². The molecule has 0 radical (unpaired) electrons. The molecule has 0 fully saturated rings. The molecule has 0 amide bonds. The topological polar surface area (TPSA) is 170 Å². The Morgan fingerprint density at radius 2 is 1.10 bits per heavy atom. The zero-order chi connectivity index (χ0) is 33.5. The van der Waals surface area contributed by atoms with E-state index in [4.69, 9.17) is 21.5 Å². The molecule has 48 heavy (non-hydrogen) atoms. The number of rotatable bonds is 4. The van der Waals surface area contributed by atoms with Crippen molar-refractivity contribution in [2.75, 3.05) is 11.5 Å². The Bertz CT molecular complexity index is 2290. The number of halogens is 1. The summed E-state index contributed by atoms with van der Waals surface area (Å²) < 4.78 is 2.81. The minimum atomic E-state index is -1.39. The average Bonchev–Trinajstić information content (AvgIpc) is 3.80. The van der Waals surface area contributed by atoms with E-state index in [1.54, 1.807) is 41.2 Å². The molecule has 236 valence electrons. The van der Waals surface area contributed by atoms with Crippen molar-refractivity contribution in [2.24, 2.45) is 0 Å². The summed E-state index contributed by atoms with van der Waals surface area (Å²) in [5.41, 5.74) is 22.8. The first-order valence-electron chi connectivity index (χ1n) is 14.4. The van der Waals surface area contributed by atoms with Crippen LogP contribution in [0.15, 0.2) is 125 Å². The maximum absolute atomic E-state index is 8.86. The van der Waals surface area contributed by atoms with E-state index in [9.17, 15) is 0 Å². The Hall–Kier alpha value is -5.12. The maximum atomic E-state index is 8.86. The minimum Gasteiger partial charge on any atom is -0.423 e. The van der Waals surface area contributed by atoms with Gasteiger partial charge in [-0.3, -0.25) is 4.98 Å². The van der Waals surface area contributed by atoms with Gasteiger partial charge in [0.1, 0.15) is 21.9 Å². The number of hydrogen-bond donors (Lipinski definition) is 4. The van der Waals surface area contributed by atoms with Crippen LogP contribution in [0.4, 0.5) is 11.6 Å². The Labute approximate surface area is 292 Å². The Kier molecular flexibility index (Phi) is 10.4. The maximum Gasteiger partial charge on any atom is 0.488 e. The van der Waals surface area contributed by atoms with Crippen LogP contribution in [0.5, 0.6) is 0 Å². The zero-order valence-corrected chi connectivity index (χ0v) is 28.3. The predicted molar refractivity (Wildman–Crippen MR) is 200 cm³/mol. The van der Waals surface area contributed by atoms with Crippen LogP contribution >= 0.6 is 38.6 Å². The number of aromatic nitrogens is 6. The molecule has 6 N–H and O–H groups in total. The third kappa shape index (κ3) is 7.87. The van der Waals surface area contributed by atoms with Crippen LogP contribution in [0.2, 0.25) is 0 Å². The number of hydrogen-bond acceptors (Lipinski definition) is 12. The summed E-state index contributed by atoms with van der Waals surface area (Å²) in [5.74, 6) is 0.841. The molecule has 0 aliphatic carbocycles. The fourth-order valence-corrected chi connectivity index (χ4v) is 6.48. The molecule has 8 rings (SSSR count). The standard InChI is InChI=1S/C17H12N4S.C10H8BrN3.C7H6BNO2S/c18-15-9-19-16(17(21-15)11-4-2-1-3-5-11)12-6-7-13-14(8-12)22-10-20-13;11-10-9(14-8(12)6-13-10)7-4-2-1-3-5-7;10-8(11)5-1-2-6-7(3-5)12-4-9-6/h1-10H,(H2,18,21);1-6H,(H2,12,14);1-4,10-11H. The Morgan fingerprint density at radius 1 is 0.562 bits per heavy atom.